The molecule has 0 aromatic rings. The summed E-state index contributed by atoms with van der Waals surface area (Å²) in [6, 6.07) is 0. The van der Waals surface area contributed by atoms with Gasteiger partial charge in [0.25, 0.3) is 0 Å². The smallest absolute Gasteiger partial charge is 0.302 e. The van der Waals surface area contributed by atoms with Crippen LogP contribution in [0.4, 0.5) is 0 Å². The zero-order chi connectivity index (χ0) is 17.6. The fourth-order valence-electron chi connectivity index (χ4n) is 8.40. The highest BCUT2D eigenvalue weighted by Gasteiger charge is 2.66. The van der Waals surface area contributed by atoms with Gasteiger partial charge < -0.3 is 9.84 Å². The van der Waals surface area contributed by atoms with Crippen molar-refractivity contribution in [1.29, 1.82) is 0 Å². The maximum atomic E-state index is 11.6. The lowest BCUT2D eigenvalue weighted by Crippen LogP contribution is -2.58. The van der Waals surface area contributed by atoms with E-state index in [9.17, 15) is 9.90 Å². The van der Waals surface area contributed by atoms with Gasteiger partial charge in [0.05, 0.1) is 6.10 Å². The number of carbonyl (C=O) groups excluding carboxylic acids is 1. The van der Waals surface area contributed by atoms with Crippen LogP contribution in [-0.2, 0) is 9.53 Å². The number of hydrogen-bond acceptors (Lipinski definition) is 3. The predicted octanol–water partition coefficient (Wildman–Crippen LogP) is 4.18. The lowest BCUT2D eigenvalue weighted by molar-refractivity contribution is -0.178. The van der Waals surface area contributed by atoms with Crippen LogP contribution in [0.5, 0.6) is 0 Å². The molecule has 3 heteroatoms. The Hall–Kier alpha value is -0.570. The van der Waals surface area contributed by atoms with E-state index in [0.717, 1.165) is 24.2 Å². The second-order valence-electron chi connectivity index (χ2n) is 10.6. The minimum atomic E-state index is -0.118. The minimum Gasteiger partial charge on any atom is -0.462 e. The molecule has 0 unspecified atom stereocenters. The molecule has 1 N–H and O–H groups in total. The molecule has 5 fully saturated rings. The van der Waals surface area contributed by atoms with Crippen molar-refractivity contribution >= 4 is 5.97 Å². The maximum absolute atomic E-state index is 11.6. The first-order valence-electron chi connectivity index (χ1n) is 10.7. The van der Waals surface area contributed by atoms with Crippen LogP contribution >= 0.6 is 0 Å². The second kappa shape index (κ2) is 5.24. The molecule has 0 aromatic carbocycles. The van der Waals surface area contributed by atoms with Crippen molar-refractivity contribution < 1.29 is 14.6 Å². The van der Waals surface area contributed by atoms with E-state index >= 15 is 0 Å². The zero-order valence-electron chi connectivity index (χ0n) is 16.0. The predicted molar refractivity (Wildman–Crippen MR) is 95.7 cm³/mol. The number of hydrogen-bond donors (Lipinski definition) is 1. The summed E-state index contributed by atoms with van der Waals surface area (Å²) in [6.45, 7) is 6.38. The van der Waals surface area contributed by atoms with Crippen molar-refractivity contribution in [3.05, 3.63) is 0 Å². The van der Waals surface area contributed by atoms with Crippen molar-refractivity contribution in [3.8, 4) is 0 Å². The van der Waals surface area contributed by atoms with Gasteiger partial charge in [-0.15, -0.1) is 0 Å². The molecule has 25 heavy (non-hydrogen) atoms. The molecule has 5 aliphatic carbocycles. The Morgan fingerprint density at radius 1 is 1.00 bits per heavy atom. The number of aliphatic hydroxyl groups excluding tert-OH is 1. The van der Waals surface area contributed by atoms with Crippen LogP contribution in [0.25, 0.3) is 0 Å². The Labute approximate surface area is 151 Å². The van der Waals surface area contributed by atoms with Gasteiger partial charge in [-0.1, -0.05) is 13.8 Å². The molecule has 0 aliphatic heterocycles. The fraction of sp³-hybridized carbons (Fsp3) is 0.955. The summed E-state index contributed by atoms with van der Waals surface area (Å²) in [5.74, 6) is 4.14. The quantitative estimate of drug-likeness (QED) is 0.725. The fourth-order valence-corrected chi connectivity index (χ4v) is 8.40. The third-order valence-electron chi connectivity index (χ3n) is 9.79. The summed E-state index contributed by atoms with van der Waals surface area (Å²) in [5, 5.41) is 11.2. The Bertz CT molecular complexity index is 588. The van der Waals surface area contributed by atoms with Gasteiger partial charge in [-0.2, -0.15) is 0 Å². The Balaban J connectivity index is 1.44. The van der Waals surface area contributed by atoms with Crippen LogP contribution in [0.3, 0.4) is 0 Å². The average Bonchev–Trinajstić information content (AvgIpc) is 3.26. The molecule has 5 aliphatic rings. The highest BCUT2D eigenvalue weighted by atomic mass is 16.5. The van der Waals surface area contributed by atoms with Crippen LogP contribution in [0.15, 0.2) is 0 Å². The molecule has 0 spiro atoms. The van der Waals surface area contributed by atoms with Crippen LogP contribution in [-0.4, -0.2) is 23.3 Å². The van der Waals surface area contributed by atoms with Gasteiger partial charge >= 0.3 is 5.97 Å². The SMILES string of the molecule is CC(=O)O[C@@H]1CC[C@@H]2[C@@H]3CC[C@H]4C[C@@H]5C[C@@H]5[C@H](O)[C@]4(C)[C@H]3CC[C@@]21C. The number of carbonyl (C=O) groups is 1. The summed E-state index contributed by atoms with van der Waals surface area (Å²) in [6.07, 6.45) is 9.97. The molecule has 5 rings (SSSR count). The largest absolute Gasteiger partial charge is 0.462 e. The van der Waals surface area contributed by atoms with E-state index in [-0.39, 0.29) is 29.0 Å². The number of rotatable bonds is 1. The van der Waals surface area contributed by atoms with Crippen LogP contribution in [0.1, 0.15) is 72.1 Å². The van der Waals surface area contributed by atoms with Gasteiger partial charge in [0.2, 0.25) is 0 Å². The van der Waals surface area contributed by atoms with E-state index in [1.54, 1.807) is 6.92 Å². The van der Waals surface area contributed by atoms with E-state index in [4.69, 9.17) is 4.74 Å². The Morgan fingerprint density at radius 2 is 1.80 bits per heavy atom. The van der Waals surface area contributed by atoms with Crippen LogP contribution in [0, 0.1) is 46.3 Å². The molecule has 0 saturated heterocycles. The number of esters is 1. The summed E-state index contributed by atoms with van der Waals surface area (Å²) < 4.78 is 5.75. The normalized spacial score (nSPS) is 59.2. The van der Waals surface area contributed by atoms with Gasteiger partial charge in [-0.25, -0.2) is 0 Å². The van der Waals surface area contributed by atoms with Crippen molar-refractivity contribution in [3.63, 3.8) is 0 Å². The summed E-state index contributed by atoms with van der Waals surface area (Å²) in [4.78, 5) is 11.6. The van der Waals surface area contributed by atoms with Gasteiger partial charge in [0.1, 0.15) is 6.10 Å². The first kappa shape index (κ1) is 16.6. The molecule has 5 saturated carbocycles. The van der Waals surface area contributed by atoms with Crippen molar-refractivity contribution in [2.75, 3.05) is 0 Å². The van der Waals surface area contributed by atoms with E-state index in [2.05, 4.69) is 13.8 Å². The topological polar surface area (TPSA) is 46.5 Å². The molecule has 140 valence electrons. The highest BCUT2D eigenvalue weighted by Crippen LogP contribution is 2.70. The van der Waals surface area contributed by atoms with E-state index in [1.807, 2.05) is 0 Å². The van der Waals surface area contributed by atoms with Crippen molar-refractivity contribution in [2.45, 2.75) is 84.3 Å². The molecule has 0 bridgehead atoms. The first-order chi connectivity index (χ1) is 11.9. The molecule has 3 nitrogen and oxygen atoms in total. The van der Waals surface area contributed by atoms with Gasteiger partial charge in [-0.3, -0.25) is 4.79 Å². The zero-order valence-corrected chi connectivity index (χ0v) is 16.0. The summed E-state index contributed by atoms with van der Waals surface area (Å²) in [5.41, 5.74) is 0.305. The number of aliphatic hydroxyl groups is 1. The molecule has 0 heterocycles. The third kappa shape index (κ3) is 2.11. The minimum absolute atomic E-state index is 0.0703. The third-order valence-corrected chi connectivity index (χ3v) is 9.79. The van der Waals surface area contributed by atoms with E-state index in [1.165, 1.54) is 44.9 Å². The average molecular weight is 347 g/mol. The summed E-state index contributed by atoms with van der Waals surface area (Å²) in [7, 11) is 0. The van der Waals surface area contributed by atoms with Gasteiger partial charge in [-0.05, 0) is 92.3 Å². The van der Waals surface area contributed by atoms with Crippen molar-refractivity contribution in [2.24, 2.45) is 46.3 Å². The second-order valence-corrected chi connectivity index (χ2v) is 10.6. The van der Waals surface area contributed by atoms with Gasteiger partial charge in [0, 0.05) is 12.3 Å². The molecule has 0 amide bonds. The van der Waals surface area contributed by atoms with Crippen LogP contribution < -0.4 is 0 Å². The molecular formula is C22H34O3. The first-order valence-corrected chi connectivity index (χ1v) is 10.7. The molecule has 10 atom stereocenters. The molecular weight excluding hydrogens is 312 g/mol. The summed E-state index contributed by atoms with van der Waals surface area (Å²) >= 11 is 0. The lowest BCUT2D eigenvalue weighted by atomic mass is 9.44. The number of ether oxygens (including phenoxy) is 1. The van der Waals surface area contributed by atoms with Gasteiger partial charge in [0.15, 0.2) is 0 Å². The van der Waals surface area contributed by atoms with Crippen molar-refractivity contribution in [1.82, 2.24) is 0 Å². The molecule has 0 radical (unpaired) electrons. The highest BCUT2D eigenvalue weighted by molar-refractivity contribution is 5.66. The van der Waals surface area contributed by atoms with Crippen LogP contribution in [0.2, 0.25) is 0 Å². The maximum Gasteiger partial charge on any atom is 0.302 e. The Kier molecular flexibility index (Phi) is 3.48. The molecule has 0 aromatic heterocycles. The number of fused-ring (bicyclic) bond motifs is 6. The lowest BCUT2D eigenvalue weighted by Gasteiger charge is -2.61. The monoisotopic (exact) mass is 346 g/mol. The van der Waals surface area contributed by atoms with E-state index in [0.29, 0.717) is 17.8 Å². The van der Waals surface area contributed by atoms with E-state index < -0.39 is 0 Å². The Morgan fingerprint density at radius 3 is 2.56 bits per heavy atom. The standard InChI is InChI=1S/C22H34O3/c1-12(23)25-19-7-6-17-15-5-4-14-10-13-11-16(13)20(24)22(14,3)18(15)8-9-21(17,19)2/h13-20,24H,4-11H2,1-3H3/t13-,14+,15+,16+,17-,18+,19-,20+,21+,22+/m1/s1.